The number of H-pyrrole nitrogens is 1. The molecule has 3 heterocycles. The maximum absolute atomic E-state index is 14.5. The molecule has 0 bridgehead atoms. The monoisotopic (exact) mass is 585 g/mol. The van der Waals surface area contributed by atoms with Gasteiger partial charge in [0.15, 0.2) is 5.82 Å². The molecule has 0 saturated heterocycles. The smallest absolute Gasteiger partial charge is 0.405 e. The predicted molar refractivity (Wildman–Crippen MR) is 154 cm³/mol. The van der Waals surface area contributed by atoms with E-state index in [-0.39, 0.29) is 49.0 Å². The third kappa shape index (κ3) is 8.22. The number of likely N-dealkylation sites (N-methyl/N-ethyl adjacent to an activating group) is 1. The Morgan fingerprint density at radius 3 is 2.64 bits per heavy atom. The maximum atomic E-state index is 14.5. The van der Waals surface area contributed by atoms with Gasteiger partial charge in [0.25, 0.3) is 5.56 Å². The number of nitrogens with zero attached hydrogens (tertiary/aromatic N) is 4. The zero-order chi connectivity index (χ0) is 31.0. The number of allylic oxidation sites excluding steroid dienone is 1. The number of halogens is 1. The quantitative estimate of drug-likeness (QED) is 0.222. The summed E-state index contributed by atoms with van der Waals surface area (Å²) < 4.78 is 21.1. The van der Waals surface area contributed by atoms with Crippen LogP contribution in [0.25, 0.3) is 11.0 Å². The molecular weight excluding hydrogens is 549 g/mol. The first-order valence-electron chi connectivity index (χ1n) is 13.3. The van der Waals surface area contributed by atoms with E-state index in [2.05, 4.69) is 25.6 Å². The maximum Gasteiger partial charge on any atom is 0.405 e. The molecule has 0 aliphatic carbocycles. The minimum atomic E-state index is -1.42. The highest BCUT2D eigenvalue weighted by molar-refractivity contribution is 5.96. The number of pyridine rings is 2. The van der Waals surface area contributed by atoms with E-state index in [0.717, 1.165) is 6.20 Å². The van der Waals surface area contributed by atoms with Gasteiger partial charge in [0, 0.05) is 26.9 Å². The third-order valence-electron chi connectivity index (χ3n) is 6.26. The molecule has 0 saturated carbocycles. The molecule has 0 aliphatic rings. The number of methoxy groups -OCH3 is 1. The van der Waals surface area contributed by atoms with Crippen molar-refractivity contribution in [3.63, 3.8) is 0 Å². The fourth-order valence-electron chi connectivity index (χ4n) is 4.22. The van der Waals surface area contributed by atoms with E-state index in [0.29, 0.717) is 29.1 Å². The van der Waals surface area contributed by atoms with Crippen LogP contribution < -0.4 is 16.2 Å². The minimum Gasteiger partial charge on any atom is -0.465 e. The van der Waals surface area contributed by atoms with Gasteiger partial charge in [-0.05, 0) is 43.4 Å². The highest BCUT2D eigenvalue weighted by Crippen LogP contribution is 2.21. The molecule has 3 rings (SSSR count). The Morgan fingerprint density at radius 2 is 2.00 bits per heavy atom. The van der Waals surface area contributed by atoms with Crippen molar-refractivity contribution in [2.75, 3.05) is 26.5 Å². The molecule has 0 spiro atoms. The second-order valence-corrected chi connectivity index (χ2v) is 10.3. The van der Waals surface area contributed by atoms with Crippen molar-refractivity contribution in [1.82, 2.24) is 29.7 Å². The lowest BCUT2D eigenvalue weighted by Gasteiger charge is -2.17. The standard InChI is InChI=1S/C28H36FN7O6/c1-16(2)12-21-25-24(18(29)13-30-21)33-22(34-25)14-36-17(15-42-5)10-11-20(27(36)39)31-26(38)19(32-28(40)41)8-6-7-9-23(37)35(3)4/h7,9-11,13,16,19,32H,6,8,12,14-15H2,1-5H3,(H,31,38)(H,33,34)(H,40,41). The summed E-state index contributed by atoms with van der Waals surface area (Å²) in [4.78, 5) is 62.6. The first-order chi connectivity index (χ1) is 19.9. The number of aromatic amines is 1. The van der Waals surface area contributed by atoms with Crippen LogP contribution in [0.5, 0.6) is 0 Å². The van der Waals surface area contributed by atoms with E-state index >= 15 is 0 Å². The van der Waals surface area contributed by atoms with E-state index in [9.17, 15) is 28.7 Å². The van der Waals surface area contributed by atoms with Crippen molar-refractivity contribution in [1.29, 1.82) is 0 Å². The number of fused-ring (bicyclic) bond motifs is 1. The Hall–Kier alpha value is -4.59. The molecule has 14 heteroatoms. The van der Waals surface area contributed by atoms with Gasteiger partial charge in [-0.15, -0.1) is 0 Å². The lowest BCUT2D eigenvalue weighted by Crippen LogP contribution is -2.44. The second-order valence-electron chi connectivity index (χ2n) is 10.3. The molecule has 0 aliphatic heterocycles. The lowest BCUT2D eigenvalue weighted by molar-refractivity contribution is -0.123. The van der Waals surface area contributed by atoms with E-state index in [1.807, 2.05) is 13.8 Å². The molecule has 1 atom stereocenters. The Labute approximate surface area is 241 Å². The number of hydrogen-bond donors (Lipinski definition) is 4. The van der Waals surface area contributed by atoms with Crippen LogP contribution in [-0.2, 0) is 33.9 Å². The van der Waals surface area contributed by atoms with Crippen LogP contribution in [-0.4, -0.2) is 74.7 Å². The summed E-state index contributed by atoms with van der Waals surface area (Å²) in [5, 5.41) is 13.9. The summed E-state index contributed by atoms with van der Waals surface area (Å²) in [6.07, 6.45) is 3.45. The highest BCUT2D eigenvalue weighted by Gasteiger charge is 2.22. The molecule has 3 aromatic rings. The zero-order valence-corrected chi connectivity index (χ0v) is 24.2. The van der Waals surface area contributed by atoms with Crippen LogP contribution in [0.2, 0.25) is 0 Å². The molecule has 0 radical (unpaired) electrons. The van der Waals surface area contributed by atoms with Gasteiger partial charge in [0.2, 0.25) is 11.8 Å². The summed E-state index contributed by atoms with van der Waals surface area (Å²) in [7, 11) is 4.65. The van der Waals surface area contributed by atoms with E-state index in [1.54, 1.807) is 20.2 Å². The van der Waals surface area contributed by atoms with E-state index < -0.39 is 29.4 Å². The van der Waals surface area contributed by atoms with Gasteiger partial charge >= 0.3 is 6.09 Å². The molecule has 0 aromatic carbocycles. The summed E-state index contributed by atoms with van der Waals surface area (Å²) in [5.41, 5.74) is 1.00. The first kappa shape index (κ1) is 31.9. The fraction of sp³-hybridized carbons (Fsp3) is 0.429. The first-order valence-corrected chi connectivity index (χ1v) is 13.3. The van der Waals surface area contributed by atoms with Crippen LogP contribution in [0.4, 0.5) is 14.9 Å². The molecule has 42 heavy (non-hydrogen) atoms. The number of carbonyl (C=O) groups is 3. The molecule has 226 valence electrons. The van der Waals surface area contributed by atoms with Gasteiger partial charge in [-0.1, -0.05) is 19.9 Å². The van der Waals surface area contributed by atoms with Gasteiger partial charge < -0.3 is 34.9 Å². The molecule has 13 nitrogen and oxygen atoms in total. The van der Waals surface area contributed by atoms with E-state index in [4.69, 9.17) is 4.74 Å². The Morgan fingerprint density at radius 1 is 1.26 bits per heavy atom. The number of nitrogens with one attached hydrogen (secondary N) is 3. The number of anilines is 1. The van der Waals surface area contributed by atoms with Crippen LogP contribution in [0.15, 0.2) is 35.3 Å². The summed E-state index contributed by atoms with van der Waals surface area (Å²) >= 11 is 0. The number of imidazole rings is 1. The number of carboxylic acid groups (broad SMARTS) is 1. The Bertz CT molecular complexity index is 1530. The van der Waals surface area contributed by atoms with Gasteiger partial charge in [-0.3, -0.25) is 19.4 Å². The zero-order valence-electron chi connectivity index (χ0n) is 24.2. The largest absolute Gasteiger partial charge is 0.465 e. The summed E-state index contributed by atoms with van der Waals surface area (Å²) in [6, 6.07) is 1.80. The normalized spacial score (nSPS) is 12.2. The van der Waals surface area contributed by atoms with Crippen molar-refractivity contribution in [2.24, 2.45) is 5.92 Å². The topological polar surface area (TPSA) is 172 Å². The minimum absolute atomic E-state index is 0.0442. The number of aromatic nitrogens is 4. The SMILES string of the molecule is COCc1ccc(NC(=O)C(CCC=CC(=O)N(C)C)NC(=O)O)c(=O)n1Cc1nc2c(F)cnc(CC(C)C)c2[nH]1. The average Bonchev–Trinajstić information content (AvgIpc) is 3.35. The van der Waals surface area contributed by atoms with Crippen molar-refractivity contribution < 1.29 is 28.6 Å². The van der Waals surface area contributed by atoms with E-state index in [1.165, 1.54) is 34.8 Å². The van der Waals surface area contributed by atoms with Crippen molar-refractivity contribution in [3.8, 4) is 0 Å². The molecule has 4 N–H and O–H groups in total. The average molecular weight is 586 g/mol. The lowest BCUT2D eigenvalue weighted by atomic mass is 10.1. The molecule has 1 unspecified atom stereocenters. The molecule has 0 fully saturated rings. The van der Waals surface area contributed by atoms with Gasteiger partial charge in [0.05, 0.1) is 30.6 Å². The Kier molecular flexibility index (Phi) is 10.9. The highest BCUT2D eigenvalue weighted by atomic mass is 19.1. The van der Waals surface area contributed by atoms with Crippen molar-refractivity contribution >= 4 is 34.6 Å². The number of carbonyl (C=O) groups excluding carboxylic acids is 2. The number of amides is 3. The van der Waals surface area contributed by atoms with Crippen LogP contribution in [0, 0.1) is 11.7 Å². The fourth-order valence-corrected chi connectivity index (χ4v) is 4.22. The molecule has 3 aromatic heterocycles. The second kappa shape index (κ2) is 14.3. The summed E-state index contributed by atoms with van der Waals surface area (Å²) in [6.45, 7) is 4.02. The van der Waals surface area contributed by atoms with Crippen molar-refractivity contribution in [2.45, 2.75) is 52.3 Å². The molecule has 3 amide bonds. The number of ether oxygens (including phenoxy) is 1. The van der Waals surface area contributed by atoms with Crippen LogP contribution >= 0.6 is 0 Å². The van der Waals surface area contributed by atoms with Crippen molar-refractivity contribution in [3.05, 3.63) is 63.9 Å². The molecular formula is C28H36FN7O6. The van der Waals surface area contributed by atoms with Gasteiger partial charge in [-0.2, -0.15) is 0 Å². The predicted octanol–water partition coefficient (Wildman–Crippen LogP) is 2.65. The number of rotatable bonds is 13. The summed E-state index contributed by atoms with van der Waals surface area (Å²) in [5.74, 6) is -1.02. The van der Waals surface area contributed by atoms with Crippen LogP contribution in [0.1, 0.15) is 43.9 Å². The van der Waals surface area contributed by atoms with Gasteiger partial charge in [0.1, 0.15) is 23.1 Å². The van der Waals surface area contributed by atoms with Gasteiger partial charge in [-0.25, -0.2) is 14.2 Å². The van der Waals surface area contributed by atoms with Crippen LogP contribution in [0.3, 0.4) is 0 Å². The third-order valence-corrected chi connectivity index (χ3v) is 6.26. The number of hydrogen-bond acceptors (Lipinski definition) is 7. The Balaban J connectivity index is 1.89.